The van der Waals surface area contributed by atoms with Crippen molar-refractivity contribution in [3.63, 3.8) is 0 Å². The number of aliphatic imine (C=N–C) groups is 1. The molecule has 0 saturated carbocycles. The summed E-state index contributed by atoms with van der Waals surface area (Å²) in [4.78, 5) is 31.8. The molecular weight excluding hydrogens is 454 g/mol. The van der Waals surface area contributed by atoms with Gasteiger partial charge in [-0.1, -0.05) is 30.0 Å². The van der Waals surface area contributed by atoms with Crippen molar-refractivity contribution in [3.8, 4) is 11.5 Å². The zero-order valence-electron chi connectivity index (χ0n) is 19.2. The molecule has 0 aromatic heterocycles. The number of benzene rings is 2. The molecule has 0 radical (unpaired) electrons. The smallest absolute Gasteiger partial charge is 0.283 e. The van der Waals surface area contributed by atoms with Gasteiger partial charge in [0, 0.05) is 19.2 Å². The number of methoxy groups -OCH3 is 2. The van der Waals surface area contributed by atoms with Gasteiger partial charge in [-0.15, -0.1) is 0 Å². The number of thioether (sulfide) groups is 1. The fourth-order valence-corrected chi connectivity index (χ4v) is 4.49. The van der Waals surface area contributed by atoms with Gasteiger partial charge in [-0.3, -0.25) is 14.5 Å². The monoisotopic (exact) mass is 481 g/mol. The SMILES string of the molecule is COc1ccc(/C=C2\N=C(SCC(=O)NCC3CCCO3)N(c3cccc(OC)c3)C2=O)cc1. The molecule has 2 aliphatic heterocycles. The summed E-state index contributed by atoms with van der Waals surface area (Å²) in [6, 6.07) is 14.5. The minimum Gasteiger partial charge on any atom is -0.497 e. The predicted octanol–water partition coefficient (Wildman–Crippen LogP) is 3.48. The Labute approximate surface area is 203 Å². The number of anilines is 1. The first kappa shape index (κ1) is 23.8. The van der Waals surface area contributed by atoms with Crippen LogP contribution >= 0.6 is 11.8 Å². The van der Waals surface area contributed by atoms with Gasteiger partial charge in [0.1, 0.15) is 17.2 Å². The van der Waals surface area contributed by atoms with Crippen molar-refractivity contribution in [3.05, 3.63) is 59.8 Å². The highest BCUT2D eigenvalue weighted by Crippen LogP contribution is 2.31. The Balaban J connectivity index is 1.53. The first-order valence-corrected chi connectivity index (χ1v) is 12.0. The van der Waals surface area contributed by atoms with Crippen LogP contribution in [0, 0.1) is 0 Å². The molecule has 178 valence electrons. The minimum atomic E-state index is -0.272. The number of nitrogens with one attached hydrogen (secondary N) is 1. The Bertz CT molecular complexity index is 1090. The molecule has 1 N–H and O–H groups in total. The Morgan fingerprint density at radius 2 is 2.00 bits per heavy atom. The molecule has 1 atom stereocenters. The third-order valence-electron chi connectivity index (χ3n) is 5.44. The number of carbonyl (C=O) groups is 2. The number of hydrogen-bond acceptors (Lipinski definition) is 7. The Hall–Kier alpha value is -3.30. The Morgan fingerprint density at radius 3 is 2.71 bits per heavy atom. The number of nitrogens with zero attached hydrogens (tertiary/aromatic N) is 2. The molecule has 34 heavy (non-hydrogen) atoms. The molecule has 0 bridgehead atoms. The second kappa shape index (κ2) is 11.2. The van der Waals surface area contributed by atoms with Crippen LogP contribution in [0.3, 0.4) is 0 Å². The highest BCUT2D eigenvalue weighted by Gasteiger charge is 2.32. The maximum absolute atomic E-state index is 13.3. The fraction of sp³-hybridized carbons (Fsp3) is 0.320. The molecule has 2 aromatic rings. The molecule has 2 aromatic carbocycles. The number of ether oxygens (including phenoxy) is 3. The van der Waals surface area contributed by atoms with Crippen LogP contribution in [-0.2, 0) is 14.3 Å². The van der Waals surface area contributed by atoms with E-state index >= 15 is 0 Å². The van der Waals surface area contributed by atoms with Crippen molar-refractivity contribution in [2.75, 3.05) is 38.0 Å². The molecule has 0 aliphatic carbocycles. The zero-order chi connectivity index (χ0) is 23.9. The molecule has 0 spiro atoms. The Kier molecular flexibility index (Phi) is 7.87. The van der Waals surface area contributed by atoms with Crippen LogP contribution in [0.2, 0.25) is 0 Å². The van der Waals surface area contributed by atoms with Gasteiger partial charge >= 0.3 is 0 Å². The quantitative estimate of drug-likeness (QED) is 0.581. The van der Waals surface area contributed by atoms with Crippen LogP contribution in [0.25, 0.3) is 6.08 Å². The van der Waals surface area contributed by atoms with Gasteiger partial charge in [0.2, 0.25) is 5.91 Å². The van der Waals surface area contributed by atoms with Crippen LogP contribution in [-0.4, -0.2) is 56.2 Å². The molecule has 1 saturated heterocycles. The van der Waals surface area contributed by atoms with Gasteiger partial charge in [0.25, 0.3) is 5.91 Å². The summed E-state index contributed by atoms with van der Waals surface area (Å²) in [7, 11) is 3.17. The average molecular weight is 482 g/mol. The third kappa shape index (κ3) is 5.78. The van der Waals surface area contributed by atoms with Gasteiger partial charge in [-0.25, -0.2) is 4.99 Å². The van der Waals surface area contributed by atoms with E-state index in [4.69, 9.17) is 14.2 Å². The highest BCUT2D eigenvalue weighted by molar-refractivity contribution is 8.14. The van der Waals surface area contributed by atoms with Crippen LogP contribution < -0.4 is 19.7 Å². The minimum absolute atomic E-state index is 0.0756. The highest BCUT2D eigenvalue weighted by atomic mass is 32.2. The maximum Gasteiger partial charge on any atom is 0.283 e. The van der Waals surface area contributed by atoms with E-state index in [2.05, 4.69) is 10.3 Å². The average Bonchev–Trinajstić information content (AvgIpc) is 3.50. The van der Waals surface area contributed by atoms with E-state index in [9.17, 15) is 9.59 Å². The zero-order valence-corrected chi connectivity index (χ0v) is 20.0. The molecule has 2 heterocycles. The molecule has 4 rings (SSSR count). The van der Waals surface area contributed by atoms with E-state index in [-0.39, 0.29) is 29.4 Å². The van der Waals surface area contributed by atoms with Crippen molar-refractivity contribution in [2.24, 2.45) is 4.99 Å². The van der Waals surface area contributed by atoms with Crippen LogP contribution in [0.5, 0.6) is 11.5 Å². The van der Waals surface area contributed by atoms with E-state index in [0.29, 0.717) is 23.1 Å². The van der Waals surface area contributed by atoms with Gasteiger partial charge < -0.3 is 19.5 Å². The van der Waals surface area contributed by atoms with Crippen molar-refractivity contribution in [1.82, 2.24) is 5.32 Å². The maximum atomic E-state index is 13.3. The standard InChI is InChI=1S/C25H27N3O5S/c1-31-19-10-8-17(9-11-19)13-22-24(30)28(18-5-3-6-20(14-18)32-2)25(27-22)34-16-23(29)26-15-21-7-4-12-33-21/h3,5-6,8-11,13-14,21H,4,7,12,15-16H2,1-2H3,(H,26,29)/b22-13-. The van der Waals surface area contributed by atoms with E-state index in [1.54, 1.807) is 32.4 Å². The fourth-order valence-electron chi connectivity index (χ4n) is 3.64. The molecule has 2 amide bonds. The van der Waals surface area contributed by atoms with Crippen molar-refractivity contribution < 1.29 is 23.8 Å². The van der Waals surface area contributed by atoms with Gasteiger partial charge in [0.15, 0.2) is 5.17 Å². The second-order valence-corrected chi connectivity index (χ2v) is 8.71. The molecule has 2 aliphatic rings. The van der Waals surface area contributed by atoms with Gasteiger partial charge in [-0.2, -0.15) is 0 Å². The van der Waals surface area contributed by atoms with E-state index in [1.807, 2.05) is 36.4 Å². The number of carbonyl (C=O) groups excluding carboxylic acids is 2. The van der Waals surface area contributed by atoms with Gasteiger partial charge in [-0.05, 0) is 48.7 Å². The largest absolute Gasteiger partial charge is 0.497 e. The Morgan fingerprint density at radius 1 is 1.21 bits per heavy atom. The van der Waals surface area contributed by atoms with Crippen molar-refractivity contribution in [2.45, 2.75) is 18.9 Å². The summed E-state index contributed by atoms with van der Waals surface area (Å²) in [6.45, 7) is 1.24. The number of amidine groups is 1. The van der Waals surface area contributed by atoms with E-state index < -0.39 is 0 Å². The lowest BCUT2D eigenvalue weighted by Crippen LogP contribution is -2.35. The molecule has 1 fully saturated rings. The lowest BCUT2D eigenvalue weighted by atomic mass is 10.2. The number of amides is 2. The number of hydrogen-bond donors (Lipinski definition) is 1. The van der Waals surface area contributed by atoms with Gasteiger partial charge in [0.05, 0.1) is 31.8 Å². The molecule has 8 nitrogen and oxygen atoms in total. The van der Waals surface area contributed by atoms with Crippen LogP contribution in [0.1, 0.15) is 18.4 Å². The lowest BCUT2D eigenvalue weighted by Gasteiger charge is -2.18. The number of rotatable bonds is 8. The van der Waals surface area contributed by atoms with Crippen LogP contribution in [0.4, 0.5) is 5.69 Å². The predicted molar refractivity (Wildman–Crippen MR) is 133 cm³/mol. The van der Waals surface area contributed by atoms with E-state index in [0.717, 1.165) is 30.8 Å². The summed E-state index contributed by atoms with van der Waals surface area (Å²) < 4.78 is 16.1. The molecular formula is C25H27N3O5S. The molecule has 9 heteroatoms. The normalized spacial score (nSPS) is 18.8. The summed E-state index contributed by atoms with van der Waals surface area (Å²) in [5.41, 5.74) is 1.72. The summed E-state index contributed by atoms with van der Waals surface area (Å²) in [6.07, 6.45) is 3.77. The second-order valence-electron chi connectivity index (χ2n) is 7.77. The lowest BCUT2D eigenvalue weighted by molar-refractivity contribution is -0.119. The summed E-state index contributed by atoms with van der Waals surface area (Å²) in [5, 5.41) is 3.34. The molecule has 1 unspecified atom stereocenters. The summed E-state index contributed by atoms with van der Waals surface area (Å²) in [5.74, 6) is 1.08. The van der Waals surface area contributed by atoms with E-state index in [1.165, 1.54) is 16.7 Å². The first-order chi connectivity index (χ1) is 16.6. The van der Waals surface area contributed by atoms with Crippen molar-refractivity contribution >= 4 is 40.5 Å². The first-order valence-electron chi connectivity index (χ1n) is 11.0. The third-order valence-corrected chi connectivity index (χ3v) is 6.38. The summed E-state index contributed by atoms with van der Waals surface area (Å²) >= 11 is 1.22. The van der Waals surface area contributed by atoms with Crippen molar-refractivity contribution in [1.29, 1.82) is 0 Å². The van der Waals surface area contributed by atoms with Crippen LogP contribution in [0.15, 0.2) is 59.2 Å². The topological polar surface area (TPSA) is 89.5 Å².